The van der Waals surface area contributed by atoms with Crippen LogP contribution in [0.5, 0.6) is 5.75 Å². The lowest BCUT2D eigenvalue weighted by molar-refractivity contribution is 0.288. The number of rotatable bonds is 3. The van der Waals surface area contributed by atoms with E-state index in [1.54, 1.807) is 16.7 Å². The second-order valence-corrected chi connectivity index (χ2v) is 3.74. The maximum Gasteiger partial charge on any atom is 0.170 e. The Bertz CT molecular complexity index is 615. The third-order valence-corrected chi connectivity index (χ3v) is 2.63. The summed E-state index contributed by atoms with van der Waals surface area (Å²) in [6.45, 7) is 1.95. The predicted molar refractivity (Wildman–Crippen MR) is 61.2 cm³/mol. The molecule has 0 aliphatic rings. The minimum atomic E-state index is -0.593. The van der Waals surface area contributed by atoms with Gasteiger partial charge in [0.2, 0.25) is 0 Å². The van der Waals surface area contributed by atoms with E-state index in [0.29, 0.717) is 5.82 Å². The maximum atomic E-state index is 13.3. The average Bonchev–Trinajstić information content (AvgIpc) is 2.68. The van der Waals surface area contributed by atoms with Crippen LogP contribution in [0.2, 0.25) is 0 Å². The van der Waals surface area contributed by atoms with Gasteiger partial charge in [-0.25, -0.2) is 4.39 Å². The largest absolute Gasteiger partial charge is 0.484 e. The van der Waals surface area contributed by atoms with E-state index < -0.39 is 5.82 Å². The van der Waals surface area contributed by atoms with Crippen LogP contribution in [0.4, 0.5) is 4.39 Å². The molecule has 5 nitrogen and oxygen atoms in total. The average molecular weight is 246 g/mol. The van der Waals surface area contributed by atoms with Crippen LogP contribution in [0.3, 0.4) is 0 Å². The minimum Gasteiger partial charge on any atom is -0.484 e. The number of hydrogen-bond donors (Lipinski definition) is 0. The smallest absolute Gasteiger partial charge is 0.170 e. The van der Waals surface area contributed by atoms with Crippen molar-refractivity contribution in [2.24, 2.45) is 7.05 Å². The molecular formula is C12H11FN4O. The number of hydrogen-bond acceptors (Lipinski definition) is 4. The molecule has 0 atom stereocenters. The van der Waals surface area contributed by atoms with Crippen molar-refractivity contribution < 1.29 is 9.13 Å². The van der Waals surface area contributed by atoms with Gasteiger partial charge in [-0.1, -0.05) is 6.07 Å². The number of halogens is 1. The summed E-state index contributed by atoms with van der Waals surface area (Å²) in [4.78, 5) is 0. The highest BCUT2D eigenvalue weighted by Gasteiger charge is 2.11. The summed E-state index contributed by atoms with van der Waals surface area (Å²) in [5, 5.41) is 16.7. The summed E-state index contributed by atoms with van der Waals surface area (Å²) in [7, 11) is 1.81. The molecule has 2 aromatic rings. The first-order valence-corrected chi connectivity index (χ1v) is 5.29. The molecule has 6 heteroatoms. The van der Waals surface area contributed by atoms with Gasteiger partial charge in [0.1, 0.15) is 35.6 Å². The van der Waals surface area contributed by atoms with Gasteiger partial charge in [0.25, 0.3) is 0 Å². The van der Waals surface area contributed by atoms with E-state index in [1.807, 2.05) is 14.0 Å². The van der Waals surface area contributed by atoms with Gasteiger partial charge in [-0.05, 0) is 19.1 Å². The van der Waals surface area contributed by atoms with Crippen LogP contribution in [0.1, 0.15) is 17.2 Å². The molecule has 1 heterocycles. The summed E-state index contributed by atoms with van der Waals surface area (Å²) in [5.41, 5.74) is -0.101. The number of aryl methyl sites for hydroxylation is 1. The Morgan fingerprint density at radius 1 is 1.44 bits per heavy atom. The van der Waals surface area contributed by atoms with Gasteiger partial charge in [-0.3, -0.25) is 0 Å². The molecule has 0 fully saturated rings. The molecule has 0 saturated heterocycles. The lowest BCUT2D eigenvalue weighted by atomic mass is 10.2. The van der Waals surface area contributed by atoms with Gasteiger partial charge in [0.05, 0.1) is 0 Å². The lowest BCUT2D eigenvalue weighted by Gasteiger charge is -2.07. The summed E-state index contributed by atoms with van der Waals surface area (Å²) in [6, 6.07) is 6.04. The Hall–Kier alpha value is -2.42. The van der Waals surface area contributed by atoms with E-state index >= 15 is 0 Å². The fourth-order valence-corrected chi connectivity index (χ4v) is 1.45. The highest BCUT2D eigenvalue weighted by Crippen LogP contribution is 2.21. The van der Waals surface area contributed by atoms with Crippen molar-refractivity contribution in [1.82, 2.24) is 14.8 Å². The highest BCUT2D eigenvalue weighted by molar-refractivity contribution is 5.43. The van der Waals surface area contributed by atoms with Crippen LogP contribution in [-0.4, -0.2) is 14.8 Å². The monoisotopic (exact) mass is 246 g/mol. The summed E-state index contributed by atoms with van der Waals surface area (Å²) >= 11 is 0. The number of benzene rings is 1. The summed E-state index contributed by atoms with van der Waals surface area (Å²) < 4.78 is 20.5. The molecule has 0 radical (unpaired) electrons. The van der Waals surface area contributed by atoms with Gasteiger partial charge in [-0.2, -0.15) is 5.26 Å². The number of aromatic nitrogens is 3. The molecule has 1 aromatic heterocycles. The zero-order valence-electron chi connectivity index (χ0n) is 10.0. The second-order valence-electron chi connectivity index (χ2n) is 3.74. The maximum absolute atomic E-state index is 13.3. The first-order chi connectivity index (χ1) is 8.63. The molecule has 1 aromatic carbocycles. The molecule has 0 spiro atoms. The second kappa shape index (κ2) is 4.84. The quantitative estimate of drug-likeness (QED) is 0.827. The van der Waals surface area contributed by atoms with Crippen molar-refractivity contribution in [3.8, 4) is 11.8 Å². The Labute approximate surface area is 103 Å². The zero-order chi connectivity index (χ0) is 13.1. The van der Waals surface area contributed by atoms with Gasteiger partial charge in [0.15, 0.2) is 5.82 Å². The van der Waals surface area contributed by atoms with E-state index in [0.717, 1.165) is 5.82 Å². The number of nitrogens with zero attached hydrogens (tertiary/aromatic N) is 4. The van der Waals surface area contributed by atoms with Gasteiger partial charge < -0.3 is 9.30 Å². The Morgan fingerprint density at radius 3 is 2.83 bits per heavy atom. The van der Waals surface area contributed by atoms with Crippen molar-refractivity contribution in [3.63, 3.8) is 0 Å². The predicted octanol–water partition coefficient (Wildman–Crippen LogP) is 1.71. The first-order valence-electron chi connectivity index (χ1n) is 5.29. The van der Waals surface area contributed by atoms with Crippen molar-refractivity contribution in [2.75, 3.05) is 0 Å². The highest BCUT2D eigenvalue weighted by atomic mass is 19.1. The Kier molecular flexibility index (Phi) is 3.24. The molecule has 0 aliphatic heterocycles. The standard InChI is InChI=1S/C12H11FN4O/c1-8-15-16-12(17(8)2)7-18-11-5-3-4-10(13)9(11)6-14/h3-5H,7H2,1-2H3. The lowest BCUT2D eigenvalue weighted by Crippen LogP contribution is -2.05. The van der Waals surface area contributed by atoms with Gasteiger partial charge in [-0.15, -0.1) is 10.2 Å². The third-order valence-electron chi connectivity index (χ3n) is 2.63. The molecule has 0 N–H and O–H groups in total. The molecule has 2 rings (SSSR count). The molecule has 0 saturated carbocycles. The fraction of sp³-hybridized carbons (Fsp3) is 0.250. The molecule has 0 bridgehead atoms. The number of nitriles is 1. The van der Waals surface area contributed by atoms with Crippen LogP contribution < -0.4 is 4.74 Å². The Balaban J connectivity index is 2.19. The van der Waals surface area contributed by atoms with Crippen LogP contribution in [0, 0.1) is 24.1 Å². The van der Waals surface area contributed by atoms with Gasteiger partial charge >= 0.3 is 0 Å². The zero-order valence-corrected chi connectivity index (χ0v) is 10.0. The molecule has 0 amide bonds. The van der Waals surface area contributed by atoms with Crippen LogP contribution >= 0.6 is 0 Å². The first kappa shape index (κ1) is 12.0. The van der Waals surface area contributed by atoms with E-state index in [4.69, 9.17) is 10.00 Å². The van der Waals surface area contributed by atoms with E-state index in [9.17, 15) is 4.39 Å². The molecular weight excluding hydrogens is 235 g/mol. The van der Waals surface area contributed by atoms with Crippen molar-refractivity contribution >= 4 is 0 Å². The number of ether oxygens (including phenoxy) is 1. The van der Waals surface area contributed by atoms with Gasteiger partial charge in [0, 0.05) is 7.05 Å². The minimum absolute atomic E-state index is 0.101. The molecule has 0 unspecified atom stereocenters. The summed E-state index contributed by atoms with van der Waals surface area (Å²) in [6.07, 6.45) is 0. The van der Waals surface area contributed by atoms with Crippen molar-refractivity contribution in [3.05, 3.63) is 41.2 Å². The SMILES string of the molecule is Cc1nnc(COc2cccc(F)c2C#N)n1C. The Morgan fingerprint density at radius 2 is 2.22 bits per heavy atom. The topological polar surface area (TPSA) is 63.7 Å². The molecule has 0 aliphatic carbocycles. The summed E-state index contributed by atoms with van der Waals surface area (Å²) in [5.74, 6) is 0.983. The van der Waals surface area contributed by atoms with E-state index in [1.165, 1.54) is 12.1 Å². The van der Waals surface area contributed by atoms with Crippen LogP contribution in [-0.2, 0) is 13.7 Å². The van der Waals surface area contributed by atoms with Crippen LogP contribution in [0.25, 0.3) is 0 Å². The van der Waals surface area contributed by atoms with E-state index in [2.05, 4.69) is 10.2 Å². The van der Waals surface area contributed by atoms with E-state index in [-0.39, 0.29) is 17.9 Å². The van der Waals surface area contributed by atoms with Crippen molar-refractivity contribution in [2.45, 2.75) is 13.5 Å². The normalized spacial score (nSPS) is 10.1. The van der Waals surface area contributed by atoms with Crippen LogP contribution in [0.15, 0.2) is 18.2 Å². The van der Waals surface area contributed by atoms with Crippen molar-refractivity contribution in [1.29, 1.82) is 5.26 Å². The fourth-order valence-electron chi connectivity index (χ4n) is 1.45. The molecule has 18 heavy (non-hydrogen) atoms. The molecule has 92 valence electrons. The third kappa shape index (κ3) is 2.15.